The summed E-state index contributed by atoms with van der Waals surface area (Å²) in [5, 5.41) is 0. The summed E-state index contributed by atoms with van der Waals surface area (Å²) in [4.78, 5) is 2.50. The fourth-order valence-electron chi connectivity index (χ4n) is 1.06. The third-order valence-corrected chi connectivity index (χ3v) is 2.08. The lowest BCUT2D eigenvalue weighted by Gasteiger charge is -2.07. The predicted octanol–water partition coefficient (Wildman–Crippen LogP) is 2.64. The molecule has 0 aliphatic rings. The number of hydrogen-bond acceptors (Lipinski definition) is 1. The van der Waals surface area contributed by atoms with Crippen molar-refractivity contribution in [1.29, 1.82) is 0 Å². The highest BCUT2D eigenvalue weighted by atomic mass is 35.5. The van der Waals surface area contributed by atoms with E-state index in [-0.39, 0.29) is 6.04 Å². The minimum absolute atomic E-state index is 0.0338. The first-order chi connectivity index (χ1) is 6.13. The Balaban J connectivity index is 2.73. The van der Waals surface area contributed by atoms with Crippen LogP contribution in [0, 0.1) is 11.6 Å². The molecule has 0 heterocycles. The summed E-state index contributed by atoms with van der Waals surface area (Å²) in [5.74, 6) is -1.64. The average molecular weight is 206 g/mol. The Labute approximate surface area is 80.8 Å². The summed E-state index contributed by atoms with van der Waals surface area (Å²) in [7, 11) is 0. The van der Waals surface area contributed by atoms with Gasteiger partial charge in [0.25, 0.3) is 0 Å². The lowest BCUT2D eigenvalue weighted by atomic mass is 10.1. The molecule has 1 nitrogen and oxygen atoms in total. The summed E-state index contributed by atoms with van der Waals surface area (Å²) in [6.07, 6.45) is 0.570. The maximum Gasteiger partial charge on any atom is 0.159 e. The molecule has 0 amide bonds. The molecule has 1 rings (SSSR count). The van der Waals surface area contributed by atoms with E-state index in [1.807, 2.05) is 6.92 Å². The van der Waals surface area contributed by atoms with Crippen LogP contribution in [0.2, 0.25) is 0 Å². The number of hydrogen-bond donors (Lipinski definition) is 1. The van der Waals surface area contributed by atoms with Crippen LogP contribution in [0.3, 0.4) is 0 Å². The Morgan fingerprint density at radius 3 is 2.62 bits per heavy atom. The third-order valence-electron chi connectivity index (χ3n) is 1.71. The second-order valence-corrected chi connectivity index (χ2v) is 3.18. The van der Waals surface area contributed by atoms with E-state index < -0.39 is 11.6 Å². The van der Waals surface area contributed by atoms with E-state index in [2.05, 4.69) is 4.84 Å². The van der Waals surface area contributed by atoms with Crippen LogP contribution in [0.15, 0.2) is 18.2 Å². The van der Waals surface area contributed by atoms with Gasteiger partial charge in [0, 0.05) is 6.04 Å². The van der Waals surface area contributed by atoms with Crippen LogP contribution in [0.5, 0.6) is 0 Å². The van der Waals surface area contributed by atoms with E-state index in [0.29, 0.717) is 6.42 Å². The zero-order valence-corrected chi connectivity index (χ0v) is 7.91. The van der Waals surface area contributed by atoms with Crippen LogP contribution in [0.25, 0.3) is 0 Å². The van der Waals surface area contributed by atoms with Gasteiger partial charge in [-0.1, -0.05) is 6.07 Å². The van der Waals surface area contributed by atoms with Crippen molar-refractivity contribution in [3.05, 3.63) is 35.4 Å². The summed E-state index contributed by atoms with van der Waals surface area (Å²) < 4.78 is 25.2. The fourth-order valence-corrected chi connectivity index (χ4v) is 1.14. The summed E-state index contributed by atoms with van der Waals surface area (Å²) in [5.41, 5.74) is 0.722. The van der Waals surface area contributed by atoms with Crippen molar-refractivity contribution in [3.8, 4) is 0 Å². The maximum absolute atomic E-state index is 12.7. The van der Waals surface area contributed by atoms with Crippen molar-refractivity contribution in [2.24, 2.45) is 0 Å². The van der Waals surface area contributed by atoms with E-state index in [9.17, 15) is 8.78 Å². The molecule has 0 radical (unpaired) electrons. The van der Waals surface area contributed by atoms with E-state index in [1.165, 1.54) is 6.07 Å². The zero-order valence-electron chi connectivity index (χ0n) is 7.15. The molecule has 0 aliphatic carbocycles. The first kappa shape index (κ1) is 10.4. The molecule has 0 bridgehead atoms. The van der Waals surface area contributed by atoms with Crippen LogP contribution in [-0.2, 0) is 6.42 Å². The zero-order chi connectivity index (χ0) is 9.84. The van der Waals surface area contributed by atoms with E-state index in [1.54, 1.807) is 6.07 Å². The van der Waals surface area contributed by atoms with E-state index >= 15 is 0 Å². The highest BCUT2D eigenvalue weighted by molar-refractivity contribution is 6.13. The molecule has 0 saturated heterocycles. The van der Waals surface area contributed by atoms with Crippen LogP contribution < -0.4 is 4.84 Å². The second-order valence-electron chi connectivity index (χ2n) is 2.96. The smallest absolute Gasteiger partial charge is 0.159 e. The number of halogens is 3. The highest BCUT2D eigenvalue weighted by Gasteiger charge is 2.05. The van der Waals surface area contributed by atoms with Gasteiger partial charge in [-0.2, -0.15) is 0 Å². The SMILES string of the molecule is CC(Cc1ccc(F)c(F)c1)NCl. The molecule has 0 aromatic heterocycles. The van der Waals surface area contributed by atoms with Crippen LogP contribution in [-0.4, -0.2) is 6.04 Å². The van der Waals surface area contributed by atoms with E-state index in [4.69, 9.17) is 11.8 Å². The molecular weight excluding hydrogens is 196 g/mol. The van der Waals surface area contributed by atoms with Gasteiger partial charge in [-0.3, -0.25) is 0 Å². The van der Waals surface area contributed by atoms with Gasteiger partial charge in [0.05, 0.1) is 0 Å². The van der Waals surface area contributed by atoms with Gasteiger partial charge in [0.1, 0.15) is 0 Å². The second kappa shape index (κ2) is 4.53. The van der Waals surface area contributed by atoms with Gasteiger partial charge >= 0.3 is 0 Å². The molecule has 0 saturated carbocycles. The quantitative estimate of drug-likeness (QED) is 0.749. The largest absolute Gasteiger partial charge is 0.230 e. The molecule has 1 N–H and O–H groups in total. The molecule has 1 atom stereocenters. The Morgan fingerprint density at radius 1 is 1.38 bits per heavy atom. The fraction of sp³-hybridized carbons (Fsp3) is 0.333. The number of nitrogens with one attached hydrogen (secondary N) is 1. The lowest BCUT2D eigenvalue weighted by Crippen LogP contribution is -2.18. The lowest BCUT2D eigenvalue weighted by molar-refractivity contribution is 0.506. The molecule has 1 aromatic carbocycles. The van der Waals surface area contributed by atoms with Crippen molar-refractivity contribution >= 4 is 11.8 Å². The van der Waals surface area contributed by atoms with Gasteiger partial charge in [0.2, 0.25) is 0 Å². The van der Waals surface area contributed by atoms with Crippen LogP contribution in [0.4, 0.5) is 8.78 Å². The van der Waals surface area contributed by atoms with Crippen molar-refractivity contribution in [2.45, 2.75) is 19.4 Å². The van der Waals surface area contributed by atoms with Crippen molar-refractivity contribution < 1.29 is 8.78 Å². The standard InChI is InChI=1S/C9H10ClF2N/c1-6(13-10)4-7-2-3-8(11)9(12)5-7/h2-3,5-6,13H,4H2,1H3. The van der Waals surface area contributed by atoms with Crippen LogP contribution in [0.1, 0.15) is 12.5 Å². The first-order valence-corrected chi connectivity index (χ1v) is 4.31. The van der Waals surface area contributed by atoms with Gasteiger partial charge in [-0.05, 0) is 42.8 Å². The first-order valence-electron chi connectivity index (χ1n) is 3.93. The normalized spacial score (nSPS) is 12.9. The topological polar surface area (TPSA) is 12.0 Å². The summed E-state index contributed by atoms with van der Waals surface area (Å²) >= 11 is 5.36. The van der Waals surface area contributed by atoms with Crippen molar-refractivity contribution in [3.63, 3.8) is 0 Å². The van der Waals surface area contributed by atoms with Gasteiger partial charge in [-0.25, -0.2) is 13.6 Å². The number of benzene rings is 1. The summed E-state index contributed by atoms with van der Waals surface area (Å²) in [6, 6.07) is 3.88. The summed E-state index contributed by atoms with van der Waals surface area (Å²) in [6.45, 7) is 1.86. The average Bonchev–Trinajstić information content (AvgIpc) is 2.11. The Morgan fingerprint density at radius 2 is 2.08 bits per heavy atom. The molecule has 0 aliphatic heterocycles. The molecule has 0 spiro atoms. The predicted molar refractivity (Wildman–Crippen MR) is 48.5 cm³/mol. The van der Waals surface area contributed by atoms with Crippen molar-refractivity contribution in [1.82, 2.24) is 4.84 Å². The monoisotopic (exact) mass is 205 g/mol. The maximum atomic E-state index is 12.7. The molecule has 4 heteroatoms. The van der Waals surface area contributed by atoms with Gasteiger partial charge in [0.15, 0.2) is 11.6 Å². The Kier molecular flexibility index (Phi) is 3.63. The minimum Gasteiger partial charge on any atom is -0.230 e. The molecular formula is C9H10ClF2N. The molecule has 1 aromatic rings. The molecule has 1 unspecified atom stereocenters. The highest BCUT2D eigenvalue weighted by Crippen LogP contribution is 2.10. The Bertz CT molecular complexity index is 291. The molecule has 13 heavy (non-hydrogen) atoms. The van der Waals surface area contributed by atoms with Gasteiger partial charge in [-0.15, -0.1) is 0 Å². The van der Waals surface area contributed by atoms with Crippen molar-refractivity contribution in [2.75, 3.05) is 0 Å². The Hall–Kier alpha value is -0.670. The molecule has 72 valence electrons. The minimum atomic E-state index is -0.824. The third kappa shape index (κ3) is 2.94. The van der Waals surface area contributed by atoms with Crippen LogP contribution >= 0.6 is 11.8 Å². The molecule has 0 fully saturated rings. The number of rotatable bonds is 3. The van der Waals surface area contributed by atoms with Gasteiger partial charge < -0.3 is 0 Å². The van der Waals surface area contributed by atoms with E-state index in [0.717, 1.165) is 11.6 Å².